The van der Waals surface area contributed by atoms with E-state index in [0.717, 1.165) is 0 Å². The normalized spacial score (nSPS) is 12.9. The third-order valence-electron chi connectivity index (χ3n) is 4.17. The zero-order valence-electron chi connectivity index (χ0n) is 17.0. The zero-order valence-corrected chi connectivity index (χ0v) is 18.8. The Morgan fingerprint density at radius 1 is 0.643 bits per heavy atom. The monoisotopic (exact) mass is 409 g/mol. The summed E-state index contributed by atoms with van der Waals surface area (Å²) in [5.74, 6) is 0. The van der Waals surface area contributed by atoms with Gasteiger partial charge in [0.15, 0.2) is 0 Å². The van der Waals surface area contributed by atoms with Crippen LogP contribution in [-0.2, 0) is 0 Å². The standard InChI is InChI=1S/C23H29N3P2/c1-20(2)26(28(24-25(3)4)23-18-12-7-13-19-23)27(21-14-8-5-9-15-21)22-16-10-6-11-17-22/h5-20,24H,1-4H3. The van der Waals surface area contributed by atoms with E-state index < -0.39 is 16.3 Å². The van der Waals surface area contributed by atoms with Gasteiger partial charge >= 0.3 is 0 Å². The molecule has 3 nitrogen and oxygen atoms in total. The molecule has 0 aliphatic rings. The molecule has 28 heavy (non-hydrogen) atoms. The number of hydrazine groups is 1. The van der Waals surface area contributed by atoms with Crippen LogP contribution in [0.2, 0.25) is 0 Å². The molecule has 0 saturated carbocycles. The van der Waals surface area contributed by atoms with Crippen molar-refractivity contribution in [3.63, 3.8) is 0 Å². The van der Waals surface area contributed by atoms with Gasteiger partial charge in [-0.1, -0.05) is 91.0 Å². The number of benzene rings is 3. The molecule has 0 saturated heterocycles. The number of rotatable bonds is 8. The fourth-order valence-electron chi connectivity index (χ4n) is 3.06. The number of nitrogens with one attached hydrogen (secondary N) is 1. The van der Waals surface area contributed by atoms with Gasteiger partial charge in [0, 0.05) is 33.5 Å². The highest BCUT2D eigenvalue weighted by Gasteiger charge is 2.32. The van der Waals surface area contributed by atoms with Crippen molar-refractivity contribution in [3.8, 4) is 0 Å². The van der Waals surface area contributed by atoms with Crippen LogP contribution in [-0.4, -0.2) is 29.6 Å². The molecule has 1 atom stereocenters. The average molecular weight is 409 g/mol. The second kappa shape index (κ2) is 10.3. The molecule has 5 heteroatoms. The van der Waals surface area contributed by atoms with Gasteiger partial charge in [0.25, 0.3) is 0 Å². The van der Waals surface area contributed by atoms with Crippen LogP contribution < -0.4 is 21.1 Å². The Bertz CT molecular complexity index is 787. The lowest BCUT2D eigenvalue weighted by molar-refractivity contribution is 0.370. The molecule has 146 valence electrons. The molecule has 0 aliphatic carbocycles. The van der Waals surface area contributed by atoms with Crippen molar-refractivity contribution in [3.05, 3.63) is 91.0 Å². The predicted molar refractivity (Wildman–Crippen MR) is 126 cm³/mol. The summed E-state index contributed by atoms with van der Waals surface area (Å²) in [5.41, 5.74) is 0. The Kier molecular flexibility index (Phi) is 7.73. The lowest BCUT2D eigenvalue weighted by Crippen LogP contribution is -2.40. The smallest absolute Gasteiger partial charge is 0.0884 e. The molecule has 3 aromatic carbocycles. The molecular weight excluding hydrogens is 380 g/mol. The number of hydrogen-bond acceptors (Lipinski definition) is 3. The molecule has 0 bridgehead atoms. The summed E-state index contributed by atoms with van der Waals surface area (Å²) >= 11 is 0. The van der Waals surface area contributed by atoms with Crippen LogP contribution in [0.1, 0.15) is 13.8 Å². The largest absolute Gasteiger partial charge is 0.246 e. The molecule has 0 fully saturated rings. The van der Waals surface area contributed by atoms with Crippen LogP contribution in [0.15, 0.2) is 91.0 Å². The van der Waals surface area contributed by atoms with Crippen LogP contribution in [0, 0.1) is 0 Å². The van der Waals surface area contributed by atoms with E-state index in [1.54, 1.807) is 0 Å². The van der Waals surface area contributed by atoms with Crippen LogP contribution in [0.25, 0.3) is 0 Å². The minimum Gasteiger partial charge on any atom is -0.246 e. The molecular formula is C23H29N3P2. The van der Waals surface area contributed by atoms with Gasteiger partial charge in [-0.15, -0.1) is 0 Å². The van der Waals surface area contributed by atoms with Crippen molar-refractivity contribution < 1.29 is 0 Å². The Labute approximate surface area is 172 Å². The molecule has 1 N–H and O–H groups in total. The summed E-state index contributed by atoms with van der Waals surface area (Å²) in [5, 5.41) is 9.90. The Balaban J connectivity index is 2.14. The van der Waals surface area contributed by atoms with Gasteiger partial charge in [-0.2, -0.15) is 0 Å². The van der Waals surface area contributed by atoms with E-state index in [1.807, 2.05) is 0 Å². The summed E-state index contributed by atoms with van der Waals surface area (Å²) in [7, 11) is 2.73. The van der Waals surface area contributed by atoms with Gasteiger partial charge in [-0.05, 0) is 24.5 Å². The summed E-state index contributed by atoms with van der Waals surface area (Å²) in [6.07, 6.45) is 0. The average Bonchev–Trinajstić information content (AvgIpc) is 2.72. The highest BCUT2D eigenvalue weighted by molar-refractivity contribution is 7.81. The van der Waals surface area contributed by atoms with Crippen molar-refractivity contribution in [2.75, 3.05) is 14.1 Å². The first-order chi connectivity index (χ1) is 13.6. The molecule has 3 aromatic rings. The first-order valence-electron chi connectivity index (χ1n) is 9.56. The highest BCUT2D eigenvalue weighted by Crippen LogP contribution is 2.54. The SMILES string of the molecule is CC(C)N(P(NN(C)C)c1ccccc1)P(c1ccccc1)c1ccccc1. The minimum atomic E-state index is -0.747. The first kappa shape index (κ1) is 21.1. The number of hydrogen-bond donors (Lipinski definition) is 1. The van der Waals surface area contributed by atoms with E-state index in [4.69, 9.17) is 0 Å². The van der Waals surface area contributed by atoms with E-state index in [9.17, 15) is 0 Å². The lowest BCUT2D eigenvalue weighted by Gasteiger charge is -2.42. The second-order valence-corrected chi connectivity index (χ2v) is 11.2. The van der Waals surface area contributed by atoms with Gasteiger partial charge < -0.3 is 0 Å². The van der Waals surface area contributed by atoms with Crippen molar-refractivity contribution in [1.29, 1.82) is 0 Å². The quantitative estimate of drug-likeness (QED) is 0.438. The molecule has 1 unspecified atom stereocenters. The molecule has 0 aromatic heterocycles. The Morgan fingerprint density at radius 2 is 1.04 bits per heavy atom. The van der Waals surface area contributed by atoms with E-state index >= 15 is 0 Å². The van der Waals surface area contributed by atoms with Crippen LogP contribution >= 0.6 is 16.3 Å². The molecule has 0 amide bonds. The molecule has 0 spiro atoms. The number of nitrogens with zero attached hydrogens (tertiary/aromatic N) is 2. The third kappa shape index (κ3) is 5.26. The van der Waals surface area contributed by atoms with Gasteiger partial charge in [0.2, 0.25) is 0 Å². The van der Waals surface area contributed by atoms with Crippen LogP contribution in [0.3, 0.4) is 0 Å². The van der Waals surface area contributed by atoms with Crippen molar-refractivity contribution in [1.82, 2.24) is 14.6 Å². The van der Waals surface area contributed by atoms with Crippen LogP contribution in [0.4, 0.5) is 0 Å². The predicted octanol–water partition coefficient (Wildman–Crippen LogP) is 4.45. The molecule has 0 aliphatic heterocycles. The maximum atomic E-state index is 3.74. The lowest BCUT2D eigenvalue weighted by atomic mass is 10.4. The van der Waals surface area contributed by atoms with Crippen molar-refractivity contribution >= 4 is 32.2 Å². The van der Waals surface area contributed by atoms with E-state index in [2.05, 4.69) is 134 Å². The first-order valence-corrected chi connectivity index (χ1v) is 12.1. The van der Waals surface area contributed by atoms with E-state index in [1.165, 1.54) is 15.9 Å². The summed E-state index contributed by atoms with van der Waals surface area (Å²) in [4.78, 5) is 0. The van der Waals surface area contributed by atoms with Crippen molar-refractivity contribution in [2.45, 2.75) is 19.9 Å². The summed E-state index contributed by atoms with van der Waals surface area (Å²) in [6, 6.07) is 33.1. The molecule has 3 rings (SSSR count). The summed E-state index contributed by atoms with van der Waals surface area (Å²) in [6.45, 7) is 4.60. The molecule has 0 heterocycles. The third-order valence-corrected chi connectivity index (χ3v) is 9.94. The topological polar surface area (TPSA) is 18.5 Å². The maximum absolute atomic E-state index is 3.74. The summed E-state index contributed by atoms with van der Waals surface area (Å²) < 4.78 is 2.69. The maximum Gasteiger partial charge on any atom is 0.0884 e. The Morgan fingerprint density at radius 3 is 1.39 bits per heavy atom. The fourth-order valence-corrected chi connectivity index (χ4v) is 8.70. The van der Waals surface area contributed by atoms with Gasteiger partial charge in [-0.3, -0.25) is 0 Å². The highest BCUT2D eigenvalue weighted by atomic mass is 31.2. The van der Waals surface area contributed by atoms with Gasteiger partial charge in [0.05, 0.1) is 8.22 Å². The molecule has 0 radical (unpaired) electrons. The van der Waals surface area contributed by atoms with Crippen molar-refractivity contribution in [2.24, 2.45) is 0 Å². The minimum absolute atomic E-state index is 0.380. The van der Waals surface area contributed by atoms with E-state index in [0.29, 0.717) is 6.04 Å². The van der Waals surface area contributed by atoms with Gasteiger partial charge in [-0.25, -0.2) is 14.6 Å². The van der Waals surface area contributed by atoms with E-state index in [-0.39, 0.29) is 0 Å². The fraction of sp³-hybridized carbons (Fsp3) is 0.217. The van der Waals surface area contributed by atoms with Gasteiger partial charge in [0.1, 0.15) is 0 Å². The second-order valence-electron chi connectivity index (χ2n) is 7.04. The van der Waals surface area contributed by atoms with Crippen LogP contribution in [0.5, 0.6) is 0 Å². The zero-order chi connectivity index (χ0) is 19.9. The Hall–Kier alpha value is -1.60.